The van der Waals surface area contributed by atoms with Gasteiger partial charge in [0.25, 0.3) is 0 Å². The van der Waals surface area contributed by atoms with E-state index in [1.807, 2.05) is 0 Å². The number of hydrogen-bond acceptors (Lipinski definition) is 6. The van der Waals surface area contributed by atoms with E-state index in [0.29, 0.717) is 5.82 Å². The first-order chi connectivity index (χ1) is 6.36. The topological polar surface area (TPSA) is 97.3 Å². The van der Waals surface area contributed by atoms with E-state index >= 15 is 0 Å². The molecule has 1 N–H and O–H groups in total. The quantitative estimate of drug-likeness (QED) is 0.599. The molecule has 0 fully saturated rings. The zero-order valence-corrected chi connectivity index (χ0v) is 6.38. The molecule has 0 radical (unpaired) electrons. The van der Waals surface area contributed by atoms with Crippen LogP contribution in [0.25, 0.3) is 11.6 Å². The van der Waals surface area contributed by atoms with E-state index in [2.05, 4.69) is 30.4 Å². The number of H-pyrrole nitrogens is 1. The van der Waals surface area contributed by atoms with E-state index in [0.717, 1.165) is 0 Å². The molecule has 7 heteroatoms. The Morgan fingerprint density at radius 3 is 2.46 bits per heavy atom. The van der Waals surface area contributed by atoms with Crippen LogP contribution < -0.4 is 5.69 Å². The van der Waals surface area contributed by atoms with Crippen LogP contribution in [0.15, 0.2) is 23.3 Å². The molecule has 0 amide bonds. The minimum absolute atomic E-state index is 0.195. The van der Waals surface area contributed by atoms with Crippen LogP contribution in [0.3, 0.4) is 0 Å². The molecule has 2 heterocycles. The van der Waals surface area contributed by atoms with Gasteiger partial charge in [-0.05, 0) is 6.07 Å². The second-order valence-electron chi connectivity index (χ2n) is 2.12. The third-order valence-corrected chi connectivity index (χ3v) is 1.26. The van der Waals surface area contributed by atoms with Gasteiger partial charge in [0.05, 0.1) is 0 Å². The molecule has 0 spiro atoms. The fourth-order valence-corrected chi connectivity index (χ4v) is 0.748. The van der Waals surface area contributed by atoms with E-state index in [4.69, 9.17) is 0 Å². The molecule has 2 aromatic heterocycles. The normalized spacial score (nSPS) is 9.85. The van der Waals surface area contributed by atoms with Crippen molar-refractivity contribution in [2.75, 3.05) is 0 Å². The summed E-state index contributed by atoms with van der Waals surface area (Å²) in [5.41, 5.74) is -0.598. The smallest absolute Gasteiger partial charge is 0.243 e. The Labute approximate surface area is 71.9 Å². The molecule has 0 aliphatic heterocycles. The van der Waals surface area contributed by atoms with Gasteiger partial charge in [-0.25, -0.2) is 19.9 Å². The third-order valence-electron chi connectivity index (χ3n) is 1.26. The zero-order chi connectivity index (χ0) is 9.10. The lowest BCUT2D eigenvalue weighted by Crippen LogP contribution is -2.15. The number of nitrogens with zero attached hydrogens (tertiary/aromatic N) is 5. The van der Waals surface area contributed by atoms with Crippen LogP contribution in [0.2, 0.25) is 0 Å². The third kappa shape index (κ3) is 1.53. The summed E-state index contributed by atoms with van der Waals surface area (Å²) in [5.74, 6) is 0.520. The predicted molar refractivity (Wildman–Crippen MR) is 41.5 cm³/mol. The first-order valence-electron chi connectivity index (χ1n) is 3.43. The second-order valence-corrected chi connectivity index (χ2v) is 2.12. The first-order valence-corrected chi connectivity index (χ1v) is 3.43. The summed E-state index contributed by atoms with van der Waals surface area (Å²) in [5, 5.41) is 12.5. The number of aromatic nitrogens is 6. The molecule has 0 bridgehead atoms. The summed E-state index contributed by atoms with van der Waals surface area (Å²) in [4.78, 5) is 18.3. The van der Waals surface area contributed by atoms with Crippen LogP contribution in [0.4, 0.5) is 0 Å². The molecular formula is C6H4N6O. The van der Waals surface area contributed by atoms with Crippen LogP contribution >= 0.6 is 0 Å². The minimum atomic E-state index is -0.598. The van der Waals surface area contributed by atoms with Crippen molar-refractivity contribution >= 4 is 0 Å². The predicted octanol–water partition coefficient (Wildman–Crippen LogP) is -0.983. The van der Waals surface area contributed by atoms with Crippen molar-refractivity contribution in [3.63, 3.8) is 0 Å². The number of rotatable bonds is 1. The highest BCUT2D eigenvalue weighted by Gasteiger charge is 2.02. The van der Waals surface area contributed by atoms with Crippen molar-refractivity contribution in [2.45, 2.75) is 0 Å². The average Bonchev–Trinajstić information content (AvgIpc) is 2.20. The summed E-state index contributed by atoms with van der Waals surface area (Å²) in [6.07, 6.45) is 3.10. The number of nitrogens with one attached hydrogen (secondary N) is 1. The van der Waals surface area contributed by atoms with Gasteiger partial charge in [-0.1, -0.05) is 5.10 Å². The van der Waals surface area contributed by atoms with E-state index in [-0.39, 0.29) is 5.82 Å². The van der Waals surface area contributed by atoms with Crippen LogP contribution in [0.5, 0.6) is 0 Å². The summed E-state index contributed by atoms with van der Waals surface area (Å²) in [6, 6.07) is 1.67. The molecule has 0 aromatic carbocycles. The Hall–Kier alpha value is -2.18. The SMILES string of the molecule is O=c1nnc(-c2ncccn2)n[nH]1. The maximum atomic E-state index is 10.5. The van der Waals surface area contributed by atoms with Crippen molar-refractivity contribution < 1.29 is 0 Å². The van der Waals surface area contributed by atoms with Crippen molar-refractivity contribution in [3.8, 4) is 11.6 Å². The molecule has 0 saturated carbocycles. The van der Waals surface area contributed by atoms with Gasteiger partial charge >= 0.3 is 5.69 Å². The van der Waals surface area contributed by atoms with E-state index in [1.54, 1.807) is 18.5 Å². The molecule has 13 heavy (non-hydrogen) atoms. The maximum absolute atomic E-state index is 10.5. The van der Waals surface area contributed by atoms with Crippen molar-refractivity contribution in [1.82, 2.24) is 30.4 Å². The van der Waals surface area contributed by atoms with Gasteiger partial charge in [0.15, 0.2) is 0 Å². The lowest BCUT2D eigenvalue weighted by atomic mass is 10.5. The molecule has 2 aromatic rings. The molecule has 64 valence electrons. The Bertz CT molecular complexity index is 432. The summed E-state index contributed by atoms with van der Waals surface area (Å²) >= 11 is 0. The van der Waals surface area contributed by atoms with E-state index in [9.17, 15) is 4.79 Å². The maximum Gasteiger partial charge on any atom is 0.380 e. The van der Waals surface area contributed by atoms with Gasteiger partial charge in [-0.2, -0.15) is 0 Å². The molecule has 0 aliphatic carbocycles. The van der Waals surface area contributed by atoms with Gasteiger partial charge in [-0.15, -0.1) is 10.2 Å². The Morgan fingerprint density at radius 1 is 1.08 bits per heavy atom. The summed E-state index contributed by atoms with van der Waals surface area (Å²) < 4.78 is 0. The zero-order valence-electron chi connectivity index (χ0n) is 6.38. The second kappa shape index (κ2) is 3.05. The van der Waals surface area contributed by atoms with Crippen LogP contribution in [0.1, 0.15) is 0 Å². The van der Waals surface area contributed by atoms with Crippen molar-refractivity contribution in [3.05, 3.63) is 28.9 Å². The Morgan fingerprint density at radius 2 is 1.85 bits per heavy atom. The molecule has 0 saturated heterocycles. The Kier molecular flexibility index (Phi) is 1.75. The van der Waals surface area contributed by atoms with Gasteiger partial charge in [0.1, 0.15) is 0 Å². The van der Waals surface area contributed by atoms with Gasteiger partial charge in [0.2, 0.25) is 11.6 Å². The molecule has 0 aliphatic rings. The largest absolute Gasteiger partial charge is 0.380 e. The minimum Gasteiger partial charge on any atom is -0.243 e. The lowest BCUT2D eigenvalue weighted by molar-refractivity contribution is 0.808. The van der Waals surface area contributed by atoms with Crippen LogP contribution in [-0.2, 0) is 0 Å². The molecule has 0 atom stereocenters. The lowest BCUT2D eigenvalue weighted by Gasteiger charge is -1.92. The van der Waals surface area contributed by atoms with Gasteiger partial charge in [0, 0.05) is 12.4 Å². The molecule has 0 unspecified atom stereocenters. The van der Waals surface area contributed by atoms with E-state index < -0.39 is 5.69 Å². The van der Waals surface area contributed by atoms with Gasteiger partial charge in [-0.3, -0.25) is 0 Å². The molecule has 7 nitrogen and oxygen atoms in total. The highest BCUT2D eigenvalue weighted by molar-refractivity contribution is 5.38. The van der Waals surface area contributed by atoms with E-state index in [1.165, 1.54) is 0 Å². The average molecular weight is 176 g/mol. The summed E-state index contributed by atoms with van der Waals surface area (Å²) in [7, 11) is 0. The standard InChI is InChI=1S/C6H4N6O/c13-6-11-9-5(10-12-6)4-7-2-1-3-8-4/h1-3H,(H,11,12,13). The highest BCUT2D eigenvalue weighted by Crippen LogP contribution is 2.01. The molecular weight excluding hydrogens is 172 g/mol. The first kappa shape index (κ1) is 7.47. The molecule has 2 rings (SSSR count). The van der Waals surface area contributed by atoms with Gasteiger partial charge < -0.3 is 0 Å². The number of aromatic amines is 1. The monoisotopic (exact) mass is 176 g/mol. The van der Waals surface area contributed by atoms with Crippen molar-refractivity contribution in [1.29, 1.82) is 0 Å². The number of hydrogen-bond donors (Lipinski definition) is 1. The fourth-order valence-electron chi connectivity index (χ4n) is 0.748. The van der Waals surface area contributed by atoms with Crippen LogP contribution in [0, 0.1) is 0 Å². The Balaban J connectivity index is 2.48. The van der Waals surface area contributed by atoms with Crippen LogP contribution in [-0.4, -0.2) is 30.4 Å². The van der Waals surface area contributed by atoms with Crippen molar-refractivity contribution in [2.24, 2.45) is 0 Å². The summed E-state index contributed by atoms with van der Waals surface area (Å²) in [6.45, 7) is 0. The fraction of sp³-hybridized carbons (Fsp3) is 0. The highest BCUT2D eigenvalue weighted by atomic mass is 16.1.